The molecule has 0 radical (unpaired) electrons. The Morgan fingerprint density at radius 1 is 1.43 bits per heavy atom. The van der Waals surface area contributed by atoms with Gasteiger partial charge in [-0.05, 0) is 37.8 Å². The van der Waals surface area contributed by atoms with E-state index in [1.807, 2.05) is 18.0 Å². The maximum Gasteiger partial charge on any atom is 0.193 e. The summed E-state index contributed by atoms with van der Waals surface area (Å²) in [6.45, 7) is 5.73. The van der Waals surface area contributed by atoms with Gasteiger partial charge in [0.1, 0.15) is 0 Å². The molecule has 0 amide bonds. The molecule has 1 rings (SSSR count). The average molecular weight is 455 g/mol. The second-order valence-electron chi connectivity index (χ2n) is 5.69. The third-order valence-corrected chi connectivity index (χ3v) is 4.68. The van der Waals surface area contributed by atoms with Crippen molar-refractivity contribution in [1.29, 1.82) is 0 Å². The topological polar surface area (TPSA) is 36.9 Å². The van der Waals surface area contributed by atoms with Gasteiger partial charge in [0, 0.05) is 31.9 Å². The highest BCUT2D eigenvalue weighted by molar-refractivity contribution is 14.0. The average Bonchev–Trinajstić information content (AvgIpc) is 2.48. The molecule has 0 aliphatic heterocycles. The molecule has 1 N–H and O–H groups in total. The Bertz CT molecular complexity index is 526. The van der Waals surface area contributed by atoms with Gasteiger partial charge in [-0.15, -0.1) is 24.0 Å². The maximum absolute atomic E-state index is 13.7. The zero-order chi connectivity index (χ0) is 16.8. The van der Waals surface area contributed by atoms with Gasteiger partial charge in [-0.25, -0.2) is 4.39 Å². The molecule has 0 aromatic heterocycles. The SMILES string of the molecule is CN=C(NCC(C)(C)SC)N(C)Cc1ccc(OC)c(F)c1.I. The minimum Gasteiger partial charge on any atom is -0.494 e. The van der Waals surface area contributed by atoms with Crippen molar-refractivity contribution in [2.75, 3.05) is 34.0 Å². The van der Waals surface area contributed by atoms with Crippen LogP contribution < -0.4 is 10.1 Å². The molecule has 0 saturated heterocycles. The molecule has 23 heavy (non-hydrogen) atoms. The number of ether oxygens (including phenoxy) is 1. The fourth-order valence-electron chi connectivity index (χ4n) is 1.91. The van der Waals surface area contributed by atoms with E-state index >= 15 is 0 Å². The van der Waals surface area contributed by atoms with Crippen LogP contribution in [0, 0.1) is 5.82 Å². The molecule has 0 heterocycles. The summed E-state index contributed by atoms with van der Waals surface area (Å²) in [5, 5.41) is 3.35. The Morgan fingerprint density at radius 2 is 2.09 bits per heavy atom. The van der Waals surface area contributed by atoms with Gasteiger partial charge in [-0.3, -0.25) is 4.99 Å². The molecule has 0 spiro atoms. The fraction of sp³-hybridized carbons (Fsp3) is 0.562. The van der Waals surface area contributed by atoms with Crippen LogP contribution in [0.4, 0.5) is 4.39 Å². The molecule has 0 aliphatic rings. The number of hydrogen-bond acceptors (Lipinski definition) is 3. The minimum atomic E-state index is -0.347. The molecular weight excluding hydrogens is 428 g/mol. The zero-order valence-electron chi connectivity index (χ0n) is 14.6. The van der Waals surface area contributed by atoms with Crippen LogP contribution in [0.3, 0.4) is 0 Å². The summed E-state index contributed by atoms with van der Waals surface area (Å²) < 4.78 is 18.8. The van der Waals surface area contributed by atoms with E-state index in [0.29, 0.717) is 6.54 Å². The van der Waals surface area contributed by atoms with Gasteiger partial charge in [-0.1, -0.05) is 6.07 Å². The van der Waals surface area contributed by atoms with Gasteiger partial charge in [0.05, 0.1) is 7.11 Å². The highest BCUT2D eigenvalue weighted by atomic mass is 127. The monoisotopic (exact) mass is 455 g/mol. The first kappa shape index (κ1) is 22.3. The standard InChI is InChI=1S/C16H26FN3OS.HI/c1-16(2,22-6)11-19-15(18-3)20(4)10-12-7-8-14(21-5)13(17)9-12;/h7-9H,10-11H2,1-6H3,(H,18,19);1H. The molecule has 0 aliphatic carbocycles. The third-order valence-electron chi connectivity index (χ3n) is 3.43. The van der Waals surface area contributed by atoms with Gasteiger partial charge < -0.3 is 15.0 Å². The van der Waals surface area contributed by atoms with Crippen LogP contribution in [0.2, 0.25) is 0 Å². The van der Waals surface area contributed by atoms with Gasteiger partial charge in [0.25, 0.3) is 0 Å². The highest BCUT2D eigenvalue weighted by Crippen LogP contribution is 2.20. The van der Waals surface area contributed by atoms with E-state index in [9.17, 15) is 4.39 Å². The molecule has 0 unspecified atom stereocenters. The van der Waals surface area contributed by atoms with Crippen LogP contribution in [0.15, 0.2) is 23.2 Å². The van der Waals surface area contributed by atoms with Crippen molar-refractivity contribution in [2.24, 2.45) is 4.99 Å². The maximum atomic E-state index is 13.7. The van der Waals surface area contributed by atoms with E-state index in [-0.39, 0.29) is 40.3 Å². The first-order chi connectivity index (χ1) is 10.3. The normalized spacial score (nSPS) is 11.7. The predicted octanol–water partition coefficient (Wildman–Crippen LogP) is 3.60. The first-order valence-corrected chi connectivity index (χ1v) is 8.35. The predicted molar refractivity (Wildman–Crippen MR) is 109 cm³/mol. The molecule has 0 fully saturated rings. The lowest BCUT2D eigenvalue weighted by Crippen LogP contribution is -2.43. The molecule has 4 nitrogen and oxygen atoms in total. The van der Waals surface area contributed by atoms with E-state index in [1.54, 1.807) is 24.9 Å². The summed E-state index contributed by atoms with van der Waals surface area (Å²) in [6.07, 6.45) is 2.09. The second kappa shape index (κ2) is 10.2. The molecule has 0 atom stereocenters. The summed E-state index contributed by atoms with van der Waals surface area (Å²) in [5.41, 5.74) is 0.868. The quantitative estimate of drug-likeness (QED) is 0.404. The van der Waals surface area contributed by atoms with Gasteiger partial charge >= 0.3 is 0 Å². The molecular formula is C16H27FIN3OS. The number of aliphatic imine (C=N–C) groups is 1. The number of halogens is 2. The fourth-order valence-corrected chi connectivity index (χ4v) is 2.12. The lowest BCUT2D eigenvalue weighted by atomic mass is 10.2. The second-order valence-corrected chi connectivity index (χ2v) is 7.20. The number of benzene rings is 1. The number of guanidine groups is 1. The van der Waals surface area contributed by atoms with E-state index < -0.39 is 0 Å². The molecule has 132 valence electrons. The number of nitrogens with one attached hydrogen (secondary N) is 1. The number of rotatable bonds is 6. The molecule has 7 heteroatoms. The van der Waals surface area contributed by atoms with Crippen molar-refractivity contribution in [1.82, 2.24) is 10.2 Å². The van der Waals surface area contributed by atoms with E-state index in [2.05, 4.69) is 30.4 Å². The Balaban J connectivity index is 0.00000484. The van der Waals surface area contributed by atoms with Crippen LogP contribution in [-0.4, -0.2) is 49.6 Å². The number of hydrogen-bond donors (Lipinski definition) is 1. The summed E-state index contributed by atoms with van der Waals surface area (Å²) in [4.78, 5) is 6.25. The number of thioether (sulfide) groups is 1. The van der Waals surface area contributed by atoms with Crippen molar-refractivity contribution in [2.45, 2.75) is 25.1 Å². The van der Waals surface area contributed by atoms with Crippen LogP contribution in [0.1, 0.15) is 19.4 Å². The van der Waals surface area contributed by atoms with Gasteiger partial charge in [-0.2, -0.15) is 11.8 Å². The van der Waals surface area contributed by atoms with Crippen molar-refractivity contribution in [3.05, 3.63) is 29.6 Å². The Morgan fingerprint density at radius 3 is 2.57 bits per heavy atom. The number of nitrogens with zero attached hydrogens (tertiary/aromatic N) is 2. The summed E-state index contributed by atoms with van der Waals surface area (Å²) in [7, 11) is 5.15. The lowest BCUT2D eigenvalue weighted by molar-refractivity contribution is 0.385. The molecule has 1 aromatic rings. The van der Waals surface area contributed by atoms with E-state index in [1.165, 1.54) is 13.2 Å². The van der Waals surface area contributed by atoms with Crippen LogP contribution >= 0.6 is 35.7 Å². The van der Waals surface area contributed by atoms with E-state index in [0.717, 1.165) is 18.1 Å². The van der Waals surface area contributed by atoms with Crippen molar-refractivity contribution in [3.8, 4) is 5.75 Å². The first-order valence-electron chi connectivity index (χ1n) is 7.12. The van der Waals surface area contributed by atoms with Crippen LogP contribution in [-0.2, 0) is 6.54 Å². The zero-order valence-corrected chi connectivity index (χ0v) is 17.8. The Hall–Kier alpha value is -0.700. The minimum absolute atomic E-state index is 0. The van der Waals surface area contributed by atoms with Crippen molar-refractivity contribution < 1.29 is 9.13 Å². The Kier molecular flexibility index (Phi) is 9.91. The summed E-state index contributed by atoms with van der Waals surface area (Å²) >= 11 is 1.80. The smallest absolute Gasteiger partial charge is 0.193 e. The van der Waals surface area contributed by atoms with Crippen LogP contribution in [0.25, 0.3) is 0 Å². The van der Waals surface area contributed by atoms with Gasteiger partial charge in [0.2, 0.25) is 0 Å². The number of methoxy groups -OCH3 is 1. The van der Waals surface area contributed by atoms with E-state index in [4.69, 9.17) is 4.74 Å². The highest BCUT2D eigenvalue weighted by Gasteiger charge is 2.17. The summed E-state index contributed by atoms with van der Waals surface area (Å²) in [6, 6.07) is 5.00. The van der Waals surface area contributed by atoms with Crippen molar-refractivity contribution >= 4 is 41.7 Å². The van der Waals surface area contributed by atoms with Crippen LogP contribution in [0.5, 0.6) is 5.75 Å². The van der Waals surface area contributed by atoms with Crippen molar-refractivity contribution in [3.63, 3.8) is 0 Å². The molecule has 0 bridgehead atoms. The lowest BCUT2D eigenvalue weighted by Gasteiger charge is -2.27. The Labute approximate surface area is 160 Å². The molecule has 1 aromatic carbocycles. The largest absolute Gasteiger partial charge is 0.494 e. The molecule has 0 saturated carbocycles. The third kappa shape index (κ3) is 7.15. The summed E-state index contributed by atoms with van der Waals surface area (Å²) in [5.74, 6) is 0.703. The van der Waals surface area contributed by atoms with Gasteiger partial charge in [0.15, 0.2) is 17.5 Å².